The average molecular weight is 400 g/mol. The molecule has 0 bridgehead atoms. The summed E-state index contributed by atoms with van der Waals surface area (Å²) in [6, 6.07) is 6.38. The Morgan fingerprint density at radius 2 is 1.55 bits per heavy atom. The van der Waals surface area contributed by atoms with E-state index in [1.54, 1.807) is 0 Å². The van der Waals surface area contributed by atoms with Gasteiger partial charge in [0.2, 0.25) is 5.91 Å². The molecule has 5 nitrogen and oxygen atoms in total. The van der Waals surface area contributed by atoms with Gasteiger partial charge >= 0.3 is 0 Å². The topological polar surface area (TPSA) is 36.0 Å². The third-order valence-electron chi connectivity index (χ3n) is 6.60. The lowest BCUT2D eigenvalue weighted by Crippen LogP contribution is -2.31. The summed E-state index contributed by atoms with van der Waals surface area (Å²) in [7, 11) is 0. The molecule has 0 aromatic heterocycles. The number of nitrogens with zero attached hydrogens (tertiary/aromatic N) is 3. The monoisotopic (exact) mass is 399 g/mol. The van der Waals surface area contributed by atoms with Gasteiger partial charge in [-0.1, -0.05) is 12.8 Å². The van der Waals surface area contributed by atoms with Gasteiger partial charge in [-0.25, -0.2) is 0 Å². The number of piperidine rings is 2. The van der Waals surface area contributed by atoms with Crippen molar-refractivity contribution in [1.29, 1.82) is 0 Å². The Kier molecular flexibility index (Phi) is 7.44. The smallest absolute Gasteiger partial charge is 0.227 e. The molecule has 0 unspecified atom stereocenters. The summed E-state index contributed by atoms with van der Waals surface area (Å²) >= 11 is 0. The average Bonchev–Trinajstić information content (AvgIpc) is 3.19. The summed E-state index contributed by atoms with van der Waals surface area (Å²) in [5.41, 5.74) is 2.28. The van der Waals surface area contributed by atoms with Gasteiger partial charge in [0.25, 0.3) is 0 Å². The third-order valence-corrected chi connectivity index (χ3v) is 6.60. The van der Waals surface area contributed by atoms with Crippen molar-refractivity contribution in [2.24, 2.45) is 0 Å². The highest BCUT2D eigenvalue weighted by atomic mass is 16.5. The molecule has 0 saturated carbocycles. The number of carbonyl (C=O) groups is 1. The van der Waals surface area contributed by atoms with Crippen molar-refractivity contribution in [2.45, 2.75) is 64.3 Å². The Bertz CT molecular complexity index is 666. The first-order chi connectivity index (χ1) is 14.3. The van der Waals surface area contributed by atoms with E-state index in [-0.39, 0.29) is 5.91 Å². The predicted octanol–water partition coefficient (Wildman–Crippen LogP) is 4.05. The van der Waals surface area contributed by atoms with E-state index in [1.807, 2.05) is 4.90 Å². The Morgan fingerprint density at radius 1 is 0.828 bits per heavy atom. The minimum atomic E-state index is 0.254. The lowest BCUT2D eigenvalue weighted by atomic mass is 10.1. The van der Waals surface area contributed by atoms with Crippen LogP contribution in [0.25, 0.3) is 0 Å². The first kappa shape index (κ1) is 20.7. The minimum absolute atomic E-state index is 0.254. The summed E-state index contributed by atoms with van der Waals surface area (Å²) in [6.07, 6.45) is 10.7. The SMILES string of the molecule is O=C1CCCN1c1ccc(OCCCN2CCCCC2)c(CN2CCCCC2)c1. The maximum atomic E-state index is 12.2. The number of hydrogen-bond acceptors (Lipinski definition) is 4. The molecular weight excluding hydrogens is 362 g/mol. The molecule has 1 aromatic carbocycles. The van der Waals surface area contributed by atoms with Gasteiger partial charge in [0.15, 0.2) is 0 Å². The van der Waals surface area contributed by atoms with Crippen LogP contribution in [0, 0.1) is 0 Å². The molecule has 3 fully saturated rings. The molecule has 5 heteroatoms. The van der Waals surface area contributed by atoms with Gasteiger partial charge in [-0.3, -0.25) is 9.69 Å². The summed E-state index contributed by atoms with van der Waals surface area (Å²) in [5, 5.41) is 0. The van der Waals surface area contributed by atoms with Gasteiger partial charge in [0, 0.05) is 37.3 Å². The summed E-state index contributed by atoms with van der Waals surface area (Å²) in [6.45, 7) is 8.52. The number of likely N-dealkylation sites (tertiary alicyclic amines) is 2. The molecule has 29 heavy (non-hydrogen) atoms. The van der Waals surface area contributed by atoms with Gasteiger partial charge in [-0.15, -0.1) is 0 Å². The second kappa shape index (κ2) is 10.4. The second-order valence-electron chi connectivity index (χ2n) is 8.88. The van der Waals surface area contributed by atoms with Crippen LogP contribution in [0.15, 0.2) is 18.2 Å². The highest BCUT2D eigenvalue weighted by Crippen LogP contribution is 2.30. The Hall–Kier alpha value is -1.59. The van der Waals surface area contributed by atoms with E-state index in [4.69, 9.17) is 4.74 Å². The zero-order valence-corrected chi connectivity index (χ0v) is 17.9. The molecule has 1 amide bonds. The van der Waals surface area contributed by atoms with E-state index in [9.17, 15) is 4.79 Å². The van der Waals surface area contributed by atoms with Crippen molar-refractivity contribution in [3.8, 4) is 5.75 Å². The number of ether oxygens (including phenoxy) is 1. The minimum Gasteiger partial charge on any atom is -0.493 e. The molecule has 0 N–H and O–H groups in total. The van der Waals surface area contributed by atoms with Crippen molar-refractivity contribution in [3.63, 3.8) is 0 Å². The van der Waals surface area contributed by atoms with E-state index in [0.717, 1.165) is 50.5 Å². The Labute approximate surface area is 176 Å². The summed E-state index contributed by atoms with van der Waals surface area (Å²) < 4.78 is 6.26. The van der Waals surface area contributed by atoms with Gasteiger partial charge in [-0.05, 0) is 82.9 Å². The van der Waals surface area contributed by atoms with E-state index in [0.29, 0.717) is 6.42 Å². The number of hydrogen-bond donors (Lipinski definition) is 0. The third kappa shape index (κ3) is 5.73. The van der Waals surface area contributed by atoms with Gasteiger partial charge in [-0.2, -0.15) is 0 Å². The van der Waals surface area contributed by atoms with E-state index < -0.39 is 0 Å². The van der Waals surface area contributed by atoms with E-state index in [2.05, 4.69) is 28.0 Å². The van der Waals surface area contributed by atoms with E-state index in [1.165, 1.54) is 70.3 Å². The molecule has 160 valence electrons. The second-order valence-corrected chi connectivity index (χ2v) is 8.88. The molecule has 3 heterocycles. The van der Waals surface area contributed by atoms with Crippen LogP contribution < -0.4 is 9.64 Å². The highest BCUT2D eigenvalue weighted by Gasteiger charge is 2.23. The molecule has 0 atom stereocenters. The maximum absolute atomic E-state index is 12.2. The van der Waals surface area contributed by atoms with Crippen molar-refractivity contribution in [2.75, 3.05) is 50.8 Å². The fourth-order valence-corrected chi connectivity index (χ4v) is 4.93. The number of anilines is 1. The Morgan fingerprint density at radius 3 is 2.24 bits per heavy atom. The van der Waals surface area contributed by atoms with Crippen molar-refractivity contribution < 1.29 is 9.53 Å². The van der Waals surface area contributed by atoms with Crippen molar-refractivity contribution >= 4 is 11.6 Å². The van der Waals surface area contributed by atoms with Crippen LogP contribution in [0.1, 0.15) is 63.4 Å². The van der Waals surface area contributed by atoms with Crippen molar-refractivity contribution in [3.05, 3.63) is 23.8 Å². The predicted molar refractivity (Wildman–Crippen MR) is 118 cm³/mol. The van der Waals surface area contributed by atoms with Crippen LogP contribution in [0.4, 0.5) is 5.69 Å². The fourth-order valence-electron chi connectivity index (χ4n) is 4.93. The van der Waals surface area contributed by atoms with Crippen LogP contribution in [0.2, 0.25) is 0 Å². The summed E-state index contributed by atoms with van der Waals surface area (Å²) in [5.74, 6) is 1.26. The quantitative estimate of drug-likeness (QED) is 0.618. The number of amides is 1. The van der Waals surface area contributed by atoms with Gasteiger partial charge < -0.3 is 14.5 Å². The van der Waals surface area contributed by atoms with Gasteiger partial charge in [0.1, 0.15) is 5.75 Å². The largest absolute Gasteiger partial charge is 0.493 e. The normalized spacial score (nSPS) is 21.7. The zero-order valence-electron chi connectivity index (χ0n) is 17.9. The van der Waals surface area contributed by atoms with Crippen LogP contribution >= 0.6 is 0 Å². The first-order valence-corrected chi connectivity index (χ1v) is 11.8. The summed E-state index contributed by atoms with van der Waals surface area (Å²) in [4.78, 5) is 19.3. The first-order valence-electron chi connectivity index (χ1n) is 11.8. The van der Waals surface area contributed by atoms with Crippen LogP contribution in [0.3, 0.4) is 0 Å². The molecule has 3 aliphatic heterocycles. The number of rotatable bonds is 8. The van der Waals surface area contributed by atoms with Crippen LogP contribution in [-0.2, 0) is 11.3 Å². The highest BCUT2D eigenvalue weighted by molar-refractivity contribution is 5.95. The molecule has 1 aromatic rings. The molecule has 0 radical (unpaired) electrons. The van der Waals surface area contributed by atoms with Crippen molar-refractivity contribution in [1.82, 2.24) is 9.80 Å². The number of carbonyl (C=O) groups excluding carboxylic acids is 1. The van der Waals surface area contributed by atoms with Crippen LogP contribution in [-0.4, -0.2) is 61.6 Å². The van der Waals surface area contributed by atoms with E-state index >= 15 is 0 Å². The lowest BCUT2D eigenvalue weighted by molar-refractivity contribution is -0.117. The van der Waals surface area contributed by atoms with Crippen LogP contribution in [0.5, 0.6) is 5.75 Å². The zero-order chi connectivity index (χ0) is 19.9. The molecule has 0 spiro atoms. The lowest BCUT2D eigenvalue weighted by Gasteiger charge is -2.28. The van der Waals surface area contributed by atoms with Gasteiger partial charge in [0.05, 0.1) is 6.61 Å². The maximum Gasteiger partial charge on any atom is 0.227 e. The number of benzene rings is 1. The molecule has 3 saturated heterocycles. The molecule has 4 rings (SSSR count). The Balaban J connectivity index is 1.39. The fraction of sp³-hybridized carbons (Fsp3) is 0.708. The molecular formula is C24H37N3O2. The molecule has 3 aliphatic rings. The molecule has 0 aliphatic carbocycles. The standard InChI is InChI=1S/C24H37N3O2/c28-24-9-7-17-27(24)22-10-11-23(21(19-22)20-26-14-5-2-6-15-26)29-18-8-16-25-12-3-1-4-13-25/h10-11,19H,1-9,12-18,20H2.